The van der Waals surface area contributed by atoms with Crippen molar-refractivity contribution in [1.82, 2.24) is 0 Å². The second kappa shape index (κ2) is 9.18. The quantitative estimate of drug-likeness (QED) is 0.461. The summed E-state index contributed by atoms with van der Waals surface area (Å²) in [5, 5.41) is 0. The summed E-state index contributed by atoms with van der Waals surface area (Å²) in [6.45, 7) is 10.2. The van der Waals surface area contributed by atoms with E-state index in [4.69, 9.17) is 4.43 Å². The molecular formula is C17H36OSi. The first-order valence-electron chi connectivity index (χ1n) is 8.82. The van der Waals surface area contributed by atoms with E-state index in [9.17, 15) is 0 Å². The normalized spacial score (nSPS) is 24.6. The van der Waals surface area contributed by atoms with Gasteiger partial charge in [0.2, 0.25) is 0 Å². The summed E-state index contributed by atoms with van der Waals surface area (Å²) in [5.41, 5.74) is 0.960. The fourth-order valence-corrected chi connectivity index (χ4v) is 9.28. The first-order chi connectivity index (χ1) is 9.18. The summed E-state index contributed by atoms with van der Waals surface area (Å²) < 4.78 is 6.55. The van der Waals surface area contributed by atoms with Crippen LogP contribution in [-0.4, -0.2) is 14.9 Å². The summed E-state index contributed by atoms with van der Waals surface area (Å²) in [6.07, 6.45) is 11.3. The molecule has 0 aliphatic heterocycles. The molecule has 0 aromatic carbocycles. The van der Waals surface area contributed by atoms with Gasteiger partial charge in [-0.1, -0.05) is 72.1 Å². The third-order valence-electron chi connectivity index (χ3n) is 5.10. The van der Waals surface area contributed by atoms with Crippen LogP contribution in [0.5, 0.6) is 0 Å². The van der Waals surface area contributed by atoms with Gasteiger partial charge in [-0.3, -0.25) is 0 Å². The second-order valence-corrected chi connectivity index (χ2v) is 10.9. The molecule has 0 saturated heterocycles. The van der Waals surface area contributed by atoms with Crippen LogP contribution in [0.3, 0.4) is 0 Å². The fourth-order valence-electron chi connectivity index (χ4n) is 3.82. The van der Waals surface area contributed by atoms with E-state index in [1.807, 2.05) is 0 Å². The maximum atomic E-state index is 6.55. The highest BCUT2D eigenvalue weighted by Gasteiger charge is 2.42. The van der Waals surface area contributed by atoms with Crippen molar-refractivity contribution in [1.29, 1.82) is 0 Å². The molecule has 0 N–H and O–H groups in total. The number of unbranched alkanes of at least 4 members (excludes halogenated alkanes) is 2. The van der Waals surface area contributed by atoms with E-state index in [0.29, 0.717) is 0 Å². The Bertz CT molecular complexity index is 213. The van der Waals surface area contributed by atoms with Crippen molar-refractivity contribution in [3.05, 3.63) is 0 Å². The molecule has 1 aliphatic carbocycles. The van der Waals surface area contributed by atoms with Crippen LogP contribution in [0.15, 0.2) is 0 Å². The average Bonchev–Trinajstić information content (AvgIpc) is 2.43. The highest BCUT2D eigenvalue weighted by Crippen LogP contribution is 2.44. The topological polar surface area (TPSA) is 9.23 Å². The maximum Gasteiger partial charge on any atom is 0.195 e. The van der Waals surface area contributed by atoms with Crippen LogP contribution in [0.25, 0.3) is 0 Å². The highest BCUT2D eigenvalue weighted by molar-refractivity contribution is 6.75. The van der Waals surface area contributed by atoms with Crippen LogP contribution < -0.4 is 0 Å². The molecule has 1 nitrogen and oxygen atoms in total. The molecule has 1 fully saturated rings. The minimum Gasteiger partial charge on any atom is -0.417 e. The van der Waals surface area contributed by atoms with Crippen molar-refractivity contribution in [3.8, 4) is 0 Å². The predicted molar refractivity (Wildman–Crippen MR) is 88.2 cm³/mol. The lowest BCUT2D eigenvalue weighted by atomic mass is 9.90. The molecule has 0 aromatic rings. The monoisotopic (exact) mass is 284 g/mol. The van der Waals surface area contributed by atoms with Gasteiger partial charge in [0.25, 0.3) is 0 Å². The van der Waals surface area contributed by atoms with Crippen LogP contribution >= 0.6 is 0 Å². The zero-order chi connectivity index (χ0) is 14.1. The van der Waals surface area contributed by atoms with Crippen LogP contribution in [0.2, 0.25) is 17.6 Å². The molecule has 0 bridgehead atoms. The maximum absolute atomic E-state index is 6.55. The van der Waals surface area contributed by atoms with E-state index in [1.165, 1.54) is 63.5 Å². The Kier molecular flexibility index (Phi) is 8.32. The molecule has 0 heterocycles. The van der Waals surface area contributed by atoms with E-state index in [-0.39, 0.29) is 0 Å². The van der Waals surface area contributed by atoms with E-state index in [2.05, 4.69) is 27.7 Å². The number of hydrogen-bond acceptors (Lipinski definition) is 1. The van der Waals surface area contributed by atoms with Crippen molar-refractivity contribution in [2.24, 2.45) is 5.92 Å². The lowest BCUT2D eigenvalue weighted by Crippen LogP contribution is -2.44. The van der Waals surface area contributed by atoms with E-state index >= 15 is 0 Å². The molecule has 0 spiro atoms. The number of rotatable bonds is 9. The molecule has 1 rings (SSSR count). The summed E-state index contributed by atoms with van der Waals surface area (Å²) in [4.78, 5) is 0. The second-order valence-electron chi connectivity index (χ2n) is 6.66. The van der Waals surface area contributed by atoms with E-state index < -0.39 is 8.32 Å². The fraction of sp³-hybridized carbons (Fsp3) is 1.00. The number of hydrogen-bond donors (Lipinski definition) is 0. The average molecular weight is 285 g/mol. The molecule has 0 aromatic heterocycles. The molecule has 0 atom stereocenters. The zero-order valence-corrected chi connectivity index (χ0v) is 14.8. The highest BCUT2D eigenvalue weighted by atomic mass is 28.4. The van der Waals surface area contributed by atoms with E-state index in [0.717, 1.165) is 18.1 Å². The summed E-state index contributed by atoms with van der Waals surface area (Å²) >= 11 is 0. The Morgan fingerprint density at radius 1 is 0.895 bits per heavy atom. The van der Waals surface area contributed by atoms with Crippen LogP contribution in [0.1, 0.15) is 79.1 Å². The van der Waals surface area contributed by atoms with Gasteiger partial charge in [0.05, 0.1) is 0 Å². The van der Waals surface area contributed by atoms with Gasteiger partial charge in [-0.15, -0.1) is 0 Å². The molecule has 19 heavy (non-hydrogen) atoms. The first kappa shape index (κ1) is 17.2. The van der Waals surface area contributed by atoms with Gasteiger partial charge in [0.15, 0.2) is 8.32 Å². The lowest BCUT2D eigenvalue weighted by molar-refractivity contribution is 0.279. The molecule has 1 aliphatic rings. The Labute approximate surface area is 122 Å². The minimum atomic E-state index is -1.47. The summed E-state index contributed by atoms with van der Waals surface area (Å²) in [7, 11) is -1.47. The Morgan fingerprint density at radius 2 is 1.42 bits per heavy atom. The molecular weight excluding hydrogens is 248 g/mol. The van der Waals surface area contributed by atoms with Gasteiger partial charge in [0, 0.05) is 6.61 Å². The first-order valence-corrected chi connectivity index (χ1v) is 11.2. The predicted octanol–water partition coefficient (Wildman–Crippen LogP) is 6.15. The largest absolute Gasteiger partial charge is 0.417 e. The smallest absolute Gasteiger partial charge is 0.195 e. The molecule has 0 amide bonds. The summed E-state index contributed by atoms with van der Waals surface area (Å²) in [6, 6.07) is 2.85. The van der Waals surface area contributed by atoms with Gasteiger partial charge < -0.3 is 4.43 Å². The Morgan fingerprint density at radius 3 is 1.84 bits per heavy atom. The van der Waals surface area contributed by atoms with Gasteiger partial charge in [-0.25, -0.2) is 0 Å². The molecule has 2 heteroatoms. The Hall–Kier alpha value is 0.177. The SMILES string of the molecule is CCCC[Si](CCCC)(OCC)C1CCC(C)CC1. The van der Waals surface area contributed by atoms with Gasteiger partial charge in [0.1, 0.15) is 0 Å². The molecule has 0 radical (unpaired) electrons. The Balaban J connectivity index is 2.73. The van der Waals surface area contributed by atoms with Crippen molar-refractivity contribution in [3.63, 3.8) is 0 Å². The van der Waals surface area contributed by atoms with Gasteiger partial charge in [-0.05, 0) is 30.5 Å². The van der Waals surface area contributed by atoms with E-state index in [1.54, 1.807) is 0 Å². The van der Waals surface area contributed by atoms with Crippen molar-refractivity contribution in [2.45, 2.75) is 96.7 Å². The van der Waals surface area contributed by atoms with Crippen LogP contribution in [0, 0.1) is 5.92 Å². The molecule has 114 valence electrons. The van der Waals surface area contributed by atoms with Gasteiger partial charge in [-0.2, -0.15) is 0 Å². The third-order valence-corrected chi connectivity index (χ3v) is 10.4. The third kappa shape index (κ3) is 5.22. The molecule has 0 unspecified atom stereocenters. The molecule has 1 saturated carbocycles. The van der Waals surface area contributed by atoms with Crippen molar-refractivity contribution in [2.75, 3.05) is 6.61 Å². The zero-order valence-electron chi connectivity index (χ0n) is 13.8. The van der Waals surface area contributed by atoms with Crippen LogP contribution in [0.4, 0.5) is 0 Å². The minimum absolute atomic E-state index is 0.950. The lowest BCUT2D eigenvalue weighted by Gasteiger charge is -2.42. The van der Waals surface area contributed by atoms with Crippen molar-refractivity contribution >= 4 is 8.32 Å². The van der Waals surface area contributed by atoms with Crippen LogP contribution in [-0.2, 0) is 4.43 Å². The standard InChI is InChI=1S/C17H36OSi/c1-5-8-14-19(18-7-3,15-9-6-2)17-12-10-16(4)11-13-17/h16-17H,5-15H2,1-4H3. The van der Waals surface area contributed by atoms with Crippen molar-refractivity contribution < 1.29 is 4.43 Å². The summed E-state index contributed by atoms with van der Waals surface area (Å²) in [5.74, 6) is 0.960. The van der Waals surface area contributed by atoms with Gasteiger partial charge >= 0.3 is 0 Å².